The van der Waals surface area contributed by atoms with Gasteiger partial charge in [0.15, 0.2) is 5.78 Å². The summed E-state index contributed by atoms with van der Waals surface area (Å²) in [5.74, 6) is -0.318. The average Bonchev–Trinajstić information content (AvgIpc) is 3.09. The standard InChI is InChI=1S/C21H26N4O3/c1-25(2)11-10-22-19(27)12-14-6-8-15(9-7-14)24-21(28)16-13-23-17-4-3-5-18(26)20(16)17/h6-9,13,23H,3-5,10-12H2,1-2H3,(H,22,27)(H,24,28). The molecule has 1 aliphatic carbocycles. The lowest BCUT2D eigenvalue weighted by Crippen LogP contribution is -2.32. The van der Waals surface area contributed by atoms with Crippen LogP contribution in [-0.2, 0) is 17.6 Å². The van der Waals surface area contributed by atoms with Gasteiger partial charge in [-0.3, -0.25) is 14.4 Å². The summed E-state index contributed by atoms with van der Waals surface area (Å²) >= 11 is 0. The summed E-state index contributed by atoms with van der Waals surface area (Å²) < 4.78 is 0. The van der Waals surface area contributed by atoms with E-state index in [1.165, 1.54) is 0 Å². The molecule has 0 fully saturated rings. The number of amides is 2. The molecular formula is C21H26N4O3. The van der Waals surface area contributed by atoms with Crippen molar-refractivity contribution in [1.82, 2.24) is 15.2 Å². The van der Waals surface area contributed by atoms with E-state index in [-0.39, 0.29) is 17.6 Å². The number of likely N-dealkylation sites (N-methyl/N-ethyl adjacent to an activating group) is 1. The Balaban J connectivity index is 1.57. The number of rotatable bonds is 7. The average molecular weight is 382 g/mol. The maximum absolute atomic E-state index is 12.6. The largest absolute Gasteiger partial charge is 0.364 e. The summed E-state index contributed by atoms with van der Waals surface area (Å²) in [5, 5.41) is 5.70. The number of aryl methyl sites for hydroxylation is 1. The molecule has 0 aliphatic heterocycles. The van der Waals surface area contributed by atoms with Crippen molar-refractivity contribution in [3.8, 4) is 0 Å². The molecule has 1 aliphatic rings. The second-order valence-corrected chi connectivity index (χ2v) is 7.31. The first-order chi connectivity index (χ1) is 13.4. The third-order valence-electron chi connectivity index (χ3n) is 4.77. The molecule has 148 valence electrons. The number of ketones is 1. The van der Waals surface area contributed by atoms with Gasteiger partial charge in [-0.1, -0.05) is 12.1 Å². The van der Waals surface area contributed by atoms with Gasteiger partial charge in [0.1, 0.15) is 0 Å². The molecule has 0 radical (unpaired) electrons. The second kappa shape index (κ2) is 8.84. The lowest BCUT2D eigenvalue weighted by Gasteiger charge is -2.12. The number of carbonyl (C=O) groups is 3. The molecule has 0 atom stereocenters. The Morgan fingerprint density at radius 3 is 2.61 bits per heavy atom. The van der Waals surface area contributed by atoms with Crippen LogP contribution in [0.3, 0.4) is 0 Å². The smallest absolute Gasteiger partial charge is 0.257 e. The van der Waals surface area contributed by atoms with Gasteiger partial charge in [-0.05, 0) is 44.6 Å². The van der Waals surface area contributed by atoms with E-state index in [1.807, 2.05) is 31.1 Å². The molecule has 7 nitrogen and oxygen atoms in total. The van der Waals surface area contributed by atoms with Gasteiger partial charge in [0, 0.05) is 37.1 Å². The fourth-order valence-corrected chi connectivity index (χ4v) is 3.28. The number of aromatic nitrogens is 1. The normalized spacial score (nSPS) is 13.3. The first-order valence-electron chi connectivity index (χ1n) is 9.49. The van der Waals surface area contributed by atoms with Crippen molar-refractivity contribution in [2.24, 2.45) is 0 Å². The van der Waals surface area contributed by atoms with Crippen molar-refractivity contribution in [2.45, 2.75) is 25.7 Å². The van der Waals surface area contributed by atoms with Gasteiger partial charge in [0.05, 0.1) is 17.5 Å². The topological polar surface area (TPSA) is 94.3 Å². The zero-order valence-electron chi connectivity index (χ0n) is 16.3. The molecule has 0 unspecified atom stereocenters. The van der Waals surface area contributed by atoms with Crippen LogP contribution in [0.2, 0.25) is 0 Å². The Morgan fingerprint density at radius 2 is 1.89 bits per heavy atom. The van der Waals surface area contributed by atoms with E-state index in [1.54, 1.807) is 18.3 Å². The van der Waals surface area contributed by atoms with E-state index in [0.29, 0.717) is 36.2 Å². The first-order valence-corrected chi connectivity index (χ1v) is 9.49. The fraction of sp³-hybridized carbons (Fsp3) is 0.381. The number of nitrogens with zero attached hydrogens (tertiary/aromatic N) is 1. The Bertz CT molecular complexity index is 868. The molecule has 1 heterocycles. The van der Waals surface area contributed by atoms with Gasteiger partial charge in [0.2, 0.25) is 5.91 Å². The third-order valence-corrected chi connectivity index (χ3v) is 4.77. The van der Waals surface area contributed by atoms with Crippen LogP contribution in [0.15, 0.2) is 30.5 Å². The number of fused-ring (bicyclic) bond motifs is 1. The predicted molar refractivity (Wildman–Crippen MR) is 108 cm³/mol. The number of H-pyrrole nitrogens is 1. The molecule has 0 saturated carbocycles. The molecule has 0 saturated heterocycles. The summed E-state index contributed by atoms with van der Waals surface area (Å²) in [6, 6.07) is 7.17. The van der Waals surface area contributed by atoms with Gasteiger partial charge in [-0.15, -0.1) is 0 Å². The molecule has 7 heteroatoms. The quantitative estimate of drug-likeness (QED) is 0.683. The van der Waals surface area contributed by atoms with Crippen LogP contribution in [0.1, 0.15) is 44.8 Å². The molecule has 3 rings (SSSR count). The molecule has 2 amide bonds. The summed E-state index contributed by atoms with van der Waals surface area (Å²) in [6.45, 7) is 1.40. The van der Waals surface area contributed by atoms with Crippen LogP contribution < -0.4 is 10.6 Å². The number of benzene rings is 1. The van der Waals surface area contributed by atoms with Crippen LogP contribution >= 0.6 is 0 Å². The van der Waals surface area contributed by atoms with Gasteiger partial charge in [-0.25, -0.2) is 0 Å². The second-order valence-electron chi connectivity index (χ2n) is 7.31. The zero-order valence-corrected chi connectivity index (χ0v) is 16.3. The highest BCUT2D eigenvalue weighted by atomic mass is 16.2. The molecule has 1 aromatic heterocycles. The lowest BCUT2D eigenvalue weighted by molar-refractivity contribution is -0.120. The molecular weight excluding hydrogens is 356 g/mol. The van der Waals surface area contributed by atoms with Gasteiger partial charge < -0.3 is 20.5 Å². The Labute approximate surface area is 164 Å². The highest BCUT2D eigenvalue weighted by molar-refractivity contribution is 6.13. The van der Waals surface area contributed by atoms with Crippen LogP contribution in [0.25, 0.3) is 0 Å². The molecule has 28 heavy (non-hydrogen) atoms. The van der Waals surface area contributed by atoms with Crippen molar-refractivity contribution < 1.29 is 14.4 Å². The lowest BCUT2D eigenvalue weighted by atomic mass is 9.93. The van der Waals surface area contributed by atoms with Crippen LogP contribution in [0.4, 0.5) is 5.69 Å². The molecule has 0 bridgehead atoms. The molecule has 0 spiro atoms. The summed E-state index contributed by atoms with van der Waals surface area (Å²) in [4.78, 5) is 41.7. The van der Waals surface area contributed by atoms with Crippen molar-refractivity contribution in [3.63, 3.8) is 0 Å². The first kappa shape index (κ1) is 19.8. The number of anilines is 1. The minimum atomic E-state index is -0.304. The van der Waals surface area contributed by atoms with Crippen molar-refractivity contribution in [2.75, 3.05) is 32.5 Å². The van der Waals surface area contributed by atoms with Crippen LogP contribution in [0.5, 0.6) is 0 Å². The zero-order chi connectivity index (χ0) is 20.1. The van der Waals surface area contributed by atoms with E-state index in [4.69, 9.17) is 0 Å². The highest BCUT2D eigenvalue weighted by Gasteiger charge is 2.25. The summed E-state index contributed by atoms with van der Waals surface area (Å²) in [7, 11) is 3.91. The maximum Gasteiger partial charge on any atom is 0.257 e. The highest BCUT2D eigenvalue weighted by Crippen LogP contribution is 2.24. The summed E-state index contributed by atoms with van der Waals surface area (Å²) in [5.41, 5.74) is 3.25. The van der Waals surface area contributed by atoms with E-state index in [2.05, 4.69) is 15.6 Å². The third kappa shape index (κ3) is 4.86. The molecule has 2 aromatic rings. The number of nitrogens with one attached hydrogen (secondary N) is 3. The van der Waals surface area contributed by atoms with Crippen molar-refractivity contribution in [3.05, 3.63) is 52.8 Å². The molecule has 1 aromatic carbocycles. The van der Waals surface area contributed by atoms with Gasteiger partial charge in [-0.2, -0.15) is 0 Å². The van der Waals surface area contributed by atoms with Crippen LogP contribution in [0, 0.1) is 0 Å². The van der Waals surface area contributed by atoms with Crippen LogP contribution in [-0.4, -0.2) is 54.7 Å². The summed E-state index contributed by atoms with van der Waals surface area (Å²) in [6.07, 6.45) is 3.99. The monoisotopic (exact) mass is 382 g/mol. The van der Waals surface area contributed by atoms with Crippen molar-refractivity contribution >= 4 is 23.3 Å². The number of carbonyl (C=O) groups excluding carboxylic acids is 3. The Hall–Kier alpha value is -2.93. The predicted octanol–water partition coefficient (Wildman–Crippen LogP) is 2.01. The number of hydrogen-bond acceptors (Lipinski definition) is 4. The Kier molecular flexibility index (Phi) is 6.26. The van der Waals surface area contributed by atoms with E-state index < -0.39 is 0 Å². The van der Waals surface area contributed by atoms with Crippen molar-refractivity contribution in [1.29, 1.82) is 0 Å². The number of Topliss-reactive ketones (excluding diaryl/α,β-unsaturated/α-hetero) is 1. The number of aromatic amines is 1. The van der Waals surface area contributed by atoms with E-state index in [9.17, 15) is 14.4 Å². The maximum atomic E-state index is 12.6. The van der Waals surface area contributed by atoms with E-state index >= 15 is 0 Å². The fourth-order valence-electron chi connectivity index (χ4n) is 3.28. The van der Waals surface area contributed by atoms with Gasteiger partial charge >= 0.3 is 0 Å². The minimum Gasteiger partial charge on any atom is -0.364 e. The number of hydrogen-bond donors (Lipinski definition) is 3. The van der Waals surface area contributed by atoms with Gasteiger partial charge in [0.25, 0.3) is 5.91 Å². The Morgan fingerprint density at radius 1 is 1.14 bits per heavy atom. The SMILES string of the molecule is CN(C)CCNC(=O)Cc1ccc(NC(=O)c2c[nH]c3c2C(=O)CCC3)cc1. The van der Waals surface area contributed by atoms with E-state index in [0.717, 1.165) is 30.6 Å². The molecule has 3 N–H and O–H groups in total. The minimum absolute atomic E-state index is 0.0169.